The number of carboxylic acid groups (broad SMARTS) is 1. The second kappa shape index (κ2) is 10.00. The van der Waals surface area contributed by atoms with Gasteiger partial charge in [0.25, 0.3) is 0 Å². The lowest BCUT2D eigenvalue weighted by Crippen LogP contribution is -2.41. The maximum Gasteiger partial charge on any atom is 0.326 e. The van der Waals surface area contributed by atoms with E-state index in [1.54, 1.807) is 18.2 Å². The number of carboxylic acids is 1. The molecule has 1 unspecified atom stereocenters. The van der Waals surface area contributed by atoms with Gasteiger partial charge in [-0.25, -0.2) is 4.79 Å². The van der Waals surface area contributed by atoms with Gasteiger partial charge in [-0.2, -0.15) is 0 Å². The number of nitrogens with one attached hydrogen (secondary N) is 1. The van der Waals surface area contributed by atoms with Gasteiger partial charge < -0.3 is 20.9 Å². The third kappa shape index (κ3) is 7.52. The molecule has 132 valence electrons. The number of carbonyl (C=O) groups is 3. The molecule has 1 atom stereocenters. The molecule has 24 heavy (non-hydrogen) atoms. The Labute approximate surface area is 149 Å². The summed E-state index contributed by atoms with van der Waals surface area (Å²) in [6.45, 7) is 0.230. The van der Waals surface area contributed by atoms with E-state index in [0.29, 0.717) is 22.2 Å². The Hall–Kier alpha value is -1.99. The van der Waals surface area contributed by atoms with Crippen molar-refractivity contribution >= 4 is 41.0 Å². The van der Waals surface area contributed by atoms with E-state index in [-0.39, 0.29) is 25.9 Å². The molecule has 0 aliphatic heterocycles. The lowest BCUT2D eigenvalue weighted by Gasteiger charge is -2.14. The Bertz CT molecular complexity index is 610. The molecule has 0 heterocycles. The number of hydrogen-bond acceptors (Lipinski definition) is 4. The summed E-state index contributed by atoms with van der Waals surface area (Å²) in [5.74, 6) is -1.83. The number of benzene rings is 1. The van der Waals surface area contributed by atoms with Crippen molar-refractivity contribution in [3.8, 4) is 5.75 Å². The topological polar surface area (TPSA) is 119 Å². The maximum absolute atomic E-state index is 11.7. The quantitative estimate of drug-likeness (QED) is 0.539. The second-order valence-corrected chi connectivity index (χ2v) is 5.83. The van der Waals surface area contributed by atoms with Gasteiger partial charge >= 0.3 is 5.97 Å². The minimum atomic E-state index is -1.21. The van der Waals surface area contributed by atoms with Crippen LogP contribution in [0.3, 0.4) is 0 Å². The van der Waals surface area contributed by atoms with Gasteiger partial charge in [0.2, 0.25) is 11.8 Å². The minimum Gasteiger partial charge on any atom is -0.492 e. The molecular weight excluding hydrogens is 359 g/mol. The zero-order valence-corrected chi connectivity index (χ0v) is 14.3. The maximum atomic E-state index is 11.7. The third-order valence-corrected chi connectivity index (χ3v) is 3.54. The van der Waals surface area contributed by atoms with Crippen LogP contribution in [0.15, 0.2) is 18.2 Å². The lowest BCUT2D eigenvalue weighted by atomic mass is 10.1. The Balaban J connectivity index is 2.34. The lowest BCUT2D eigenvalue weighted by molar-refractivity contribution is -0.142. The van der Waals surface area contributed by atoms with Crippen molar-refractivity contribution in [1.82, 2.24) is 5.32 Å². The van der Waals surface area contributed by atoms with Gasteiger partial charge in [0.05, 0.1) is 11.6 Å². The fraction of sp³-hybridized carbons (Fsp3) is 0.400. The zero-order chi connectivity index (χ0) is 18.1. The van der Waals surface area contributed by atoms with Gasteiger partial charge in [0.15, 0.2) is 0 Å². The standard InChI is InChI=1S/C15H18Cl2N2O5/c16-9-3-5-12(10(17)8-9)24-7-1-2-14(21)19-11(15(22)23)4-6-13(18)20/h3,5,8,11H,1-2,4,6-7H2,(H2,18,20)(H,19,21)(H,22,23). The first-order valence-corrected chi connectivity index (χ1v) is 7.93. The van der Waals surface area contributed by atoms with Crippen LogP contribution in [0.5, 0.6) is 5.75 Å². The molecule has 0 aromatic heterocycles. The predicted molar refractivity (Wildman–Crippen MR) is 89.2 cm³/mol. The van der Waals surface area contributed by atoms with E-state index in [1.165, 1.54) is 0 Å². The van der Waals surface area contributed by atoms with Crippen molar-refractivity contribution in [3.05, 3.63) is 28.2 Å². The second-order valence-electron chi connectivity index (χ2n) is 4.99. The molecule has 9 heteroatoms. The van der Waals surface area contributed by atoms with Crippen molar-refractivity contribution in [1.29, 1.82) is 0 Å². The normalized spacial score (nSPS) is 11.6. The molecular formula is C15H18Cl2N2O5. The van der Waals surface area contributed by atoms with E-state index in [2.05, 4.69) is 5.32 Å². The molecule has 0 aliphatic carbocycles. The molecule has 0 bridgehead atoms. The van der Waals surface area contributed by atoms with Gasteiger partial charge in [0.1, 0.15) is 11.8 Å². The zero-order valence-electron chi connectivity index (χ0n) is 12.8. The average molecular weight is 377 g/mol. The van der Waals surface area contributed by atoms with Crippen LogP contribution < -0.4 is 15.8 Å². The van der Waals surface area contributed by atoms with E-state index in [9.17, 15) is 14.4 Å². The highest BCUT2D eigenvalue weighted by atomic mass is 35.5. The van der Waals surface area contributed by atoms with E-state index in [0.717, 1.165) is 0 Å². The molecule has 0 saturated heterocycles. The summed E-state index contributed by atoms with van der Waals surface area (Å²) in [4.78, 5) is 33.4. The molecule has 1 aromatic rings. The molecule has 4 N–H and O–H groups in total. The fourth-order valence-electron chi connectivity index (χ4n) is 1.82. The summed E-state index contributed by atoms with van der Waals surface area (Å²) in [6.07, 6.45) is 0.279. The van der Waals surface area contributed by atoms with Crippen LogP contribution in [-0.4, -0.2) is 35.5 Å². The molecule has 0 fully saturated rings. The number of nitrogens with two attached hydrogens (primary N) is 1. The Kier molecular flexibility index (Phi) is 8.35. The van der Waals surface area contributed by atoms with Gasteiger partial charge in [0, 0.05) is 17.9 Å². The molecule has 0 saturated carbocycles. The highest BCUT2D eigenvalue weighted by Crippen LogP contribution is 2.27. The molecule has 0 spiro atoms. The van der Waals surface area contributed by atoms with Crippen LogP contribution in [0.25, 0.3) is 0 Å². The predicted octanol–water partition coefficient (Wildman–Crippen LogP) is 1.99. The first kappa shape index (κ1) is 20.1. The van der Waals surface area contributed by atoms with Crippen LogP contribution in [0.1, 0.15) is 25.7 Å². The number of primary amides is 1. The smallest absolute Gasteiger partial charge is 0.326 e. The Morgan fingerprint density at radius 1 is 1.25 bits per heavy atom. The van der Waals surface area contributed by atoms with E-state index in [4.69, 9.17) is 38.8 Å². The Morgan fingerprint density at radius 3 is 2.54 bits per heavy atom. The molecule has 0 radical (unpaired) electrons. The molecule has 2 amide bonds. The fourth-order valence-corrected chi connectivity index (χ4v) is 2.28. The first-order chi connectivity index (χ1) is 11.3. The number of ether oxygens (including phenoxy) is 1. The molecule has 1 rings (SSSR count). The number of hydrogen-bond donors (Lipinski definition) is 3. The van der Waals surface area contributed by atoms with E-state index in [1.807, 2.05) is 0 Å². The highest BCUT2D eigenvalue weighted by Gasteiger charge is 2.20. The van der Waals surface area contributed by atoms with E-state index >= 15 is 0 Å². The number of carbonyl (C=O) groups excluding carboxylic acids is 2. The minimum absolute atomic E-state index is 0.0483. The highest BCUT2D eigenvalue weighted by molar-refractivity contribution is 6.35. The summed E-state index contributed by atoms with van der Waals surface area (Å²) in [6, 6.07) is 3.65. The van der Waals surface area contributed by atoms with Gasteiger partial charge in [-0.1, -0.05) is 23.2 Å². The van der Waals surface area contributed by atoms with Crippen molar-refractivity contribution in [3.63, 3.8) is 0 Å². The monoisotopic (exact) mass is 376 g/mol. The van der Waals surface area contributed by atoms with Crippen molar-refractivity contribution in [2.75, 3.05) is 6.61 Å². The SMILES string of the molecule is NC(=O)CCC(NC(=O)CCCOc1ccc(Cl)cc1Cl)C(=O)O. The van der Waals surface area contributed by atoms with Crippen LogP contribution in [-0.2, 0) is 14.4 Å². The molecule has 7 nitrogen and oxygen atoms in total. The van der Waals surface area contributed by atoms with Crippen molar-refractivity contribution < 1.29 is 24.2 Å². The van der Waals surface area contributed by atoms with Crippen molar-refractivity contribution in [2.45, 2.75) is 31.7 Å². The average Bonchev–Trinajstić information content (AvgIpc) is 2.49. The Morgan fingerprint density at radius 2 is 1.96 bits per heavy atom. The van der Waals surface area contributed by atoms with Gasteiger partial charge in [-0.05, 0) is 31.0 Å². The van der Waals surface area contributed by atoms with Crippen LogP contribution in [0.2, 0.25) is 10.0 Å². The van der Waals surface area contributed by atoms with Crippen molar-refractivity contribution in [2.24, 2.45) is 5.73 Å². The van der Waals surface area contributed by atoms with Gasteiger partial charge in [-0.15, -0.1) is 0 Å². The number of halogens is 2. The number of aliphatic carboxylic acids is 1. The van der Waals surface area contributed by atoms with Crippen LogP contribution >= 0.6 is 23.2 Å². The number of rotatable bonds is 10. The molecule has 0 aliphatic rings. The summed E-state index contributed by atoms with van der Waals surface area (Å²) < 4.78 is 5.43. The summed E-state index contributed by atoms with van der Waals surface area (Å²) in [5, 5.41) is 12.2. The first-order valence-electron chi connectivity index (χ1n) is 7.18. The molecule has 1 aromatic carbocycles. The number of amides is 2. The largest absolute Gasteiger partial charge is 0.492 e. The van der Waals surface area contributed by atoms with Crippen LogP contribution in [0.4, 0.5) is 0 Å². The summed E-state index contributed by atoms with van der Waals surface area (Å²) in [7, 11) is 0. The van der Waals surface area contributed by atoms with Gasteiger partial charge in [-0.3, -0.25) is 9.59 Å². The third-order valence-electron chi connectivity index (χ3n) is 3.01. The summed E-state index contributed by atoms with van der Waals surface area (Å²) in [5.41, 5.74) is 4.97. The van der Waals surface area contributed by atoms with Crippen LogP contribution in [0, 0.1) is 0 Å². The summed E-state index contributed by atoms with van der Waals surface area (Å²) >= 11 is 11.7. The van der Waals surface area contributed by atoms with E-state index < -0.39 is 23.8 Å².